The molecule has 3 heteroatoms. The summed E-state index contributed by atoms with van der Waals surface area (Å²) in [6.45, 7) is 6.16. The minimum Gasteiger partial charge on any atom is -0.370 e. The van der Waals surface area contributed by atoms with Gasteiger partial charge in [-0.3, -0.25) is 0 Å². The third-order valence-electron chi connectivity index (χ3n) is 2.45. The molecule has 0 amide bonds. The molecule has 2 N–H and O–H groups in total. The monoisotopic (exact) mass is 159 g/mol. The SMILES string of the molecule is C[N+]1(CCCN)CCOCC1. The average Bonchev–Trinajstić information content (AvgIpc) is 2.03. The molecule has 1 aliphatic heterocycles. The summed E-state index contributed by atoms with van der Waals surface area (Å²) in [5.74, 6) is 0. The summed E-state index contributed by atoms with van der Waals surface area (Å²) in [4.78, 5) is 0. The Kier molecular flexibility index (Phi) is 3.30. The lowest BCUT2D eigenvalue weighted by Crippen LogP contribution is -2.52. The molecule has 3 nitrogen and oxygen atoms in total. The number of hydrogen-bond acceptors (Lipinski definition) is 2. The summed E-state index contributed by atoms with van der Waals surface area (Å²) < 4.78 is 6.45. The van der Waals surface area contributed by atoms with Crippen molar-refractivity contribution in [3.63, 3.8) is 0 Å². The van der Waals surface area contributed by atoms with Crippen LogP contribution < -0.4 is 5.73 Å². The lowest BCUT2D eigenvalue weighted by Gasteiger charge is -2.37. The first-order valence-electron chi connectivity index (χ1n) is 4.38. The zero-order chi connectivity index (χ0) is 8.16. The van der Waals surface area contributed by atoms with Crippen LogP contribution in [0.2, 0.25) is 0 Å². The molecule has 0 aliphatic carbocycles. The number of nitrogens with two attached hydrogens (primary N) is 1. The van der Waals surface area contributed by atoms with Crippen LogP contribution in [0.4, 0.5) is 0 Å². The Hall–Kier alpha value is -0.120. The smallest absolute Gasteiger partial charge is 0.102 e. The van der Waals surface area contributed by atoms with E-state index in [-0.39, 0.29) is 0 Å². The molecule has 0 atom stereocenters. The van der Waals surface area contributed by atoms with E-state index >= 15 is 0 Å². The number of ether oxygens (including phenoxy) is 1. The molecule has 11 heavy (non-hydrogen) atoms. The van der Waals surface area contributed by atoms with Gasteiger partial charge in [0.15, 0.2) is 0 Å². The second kappa shape index (κ2) is 4.04. The molecule has 0 saturated carbocycles. The number of hydrogen-bond donors (Lipinski definition) is 1. The molecule has 1 fully saturated rings. The van der Waals surface area contributed by atoms with Crippen molar-refractivity contribution in [2.75, 3.05) is 46.4 Å². The largest absolute Gasteiger partial charge is 0.370 e. The van der Waals surface area contributed by atoms with E-state index in [9.17, 15) is 0 Å². The topological polar surface area (TPSA) is 35.2 Å². The van der Waals surface area contributed by atoms with Crippen molar-refractivity contribution < 1.29 is 9.22 Å². The molecule has 0 aromatic carbocycles. The van der Waals surface area contributed by atoms with Gasteiger partial charge in [0.2, 0.25) is 0 Å². The maximum absolute atomic E-state index is 5.46. The van der Waals surface area contributed by atoms with Crippen molar-refractivity contribution in [1.82, 2.24) is 0 Å². The Labute approximate surface area is 68.7 Å². The van der Waals surface area contributed by atoms with Crippen molar-refractivity contribution in [2.45, 2.75) is 6.42 Å². The van der Waals surface area contributed by atoms with Gasteiger partial charge < -0.3 is 15.0 Å². The molecule has 1 aliphatic rings. The van der Waals surface area contributed by atoms with Crippen LogP contribution in [-0.4, -0.2) is 50.9 Å². The summed E-state index contributed by atoms with van der Waals surface area (Å²) in [7, 11) is 2.29. The fourth-order valence-electron chi connectivity index (χ4n) is 1.48. The molecule has 1 saturated heterocycles. The van der Waals surface area contributed by atoms with Crippen LogP contribution in [-0.2, 0) is 4.74 Å². The van der Waals surface area contributed by atoms with Gasteiger partial charge in [0.05, 0.1) is 26.8 Å². The van der Waals surface area contributed by atoms with Gasteiger partial charge in [-0.15, -0.1) is 0 Å². The number of quaternary nitrogens is 1. The third-order valence-corrected chi connectivity index (χ3v) is 2.45. The van der Waals surface area contributed by atoms with Crippen LogP contribution in [0.1, 0.15) is 6.42 Å². The number of likely N-dealkylation sites (N-methyl/N-ethyl adjacent to an activating group) is 1. The molecule has 0 aromatic heterocycles. The minimum absolute atomic E-state index is 0.814. The Morgan fingerprint density at radius 3 is 2.55 bits per heavy atom. The number of rotatable bonds is 3. The second-order valence-electron chi connectivity index (χ2n) is 3.54. The Morgan fingerprint density at radius 2 is 2.00 bits per heavy atom. The van der Waals surface area contributed by atoms with Gasteiger partial charge in [0, 0.05) is 6.42 Å². The molecule has 0 radical (unpaired) electrons. The molecule has 0 aromatic rings. The normalized spacial score (nSPS) is 23.5. The Bertz CT molecular complexity index is 111. The fraction of sp³-hybridized carbons (Fsp3) is 1.00. The van der Waals surface area contributed by atoms with E-state index < -0.39 is 0 Å². The molecule has 0 unspecified atom stereocenters. The standard InChI is InChI=1S/C8H19N2O/c1-10(4-2-3-9)5-7-11-8-6-10/h2-9H2,1H3/q+1. The summed E-state index contributed by atoms with van der Waals surface area (Å²) >= 11 is 0. The first-order valence-corrected chi connectivity index (χ1v) is 4.38. The van der Waals surface area contributed by atoms with E-state index in [4.69, 9.17) is 10.5 Å². The molecular formula is C8H19N2O+. The van der Waals surface area contributed by atoms with Crippen molar-refractivity contribution in [1.29, 1.82) is 0 Å². The van der Waals surface area contributed by atoms with Gasteiger partial charge in [0.25, 0.3) is 0 Å². The van der Waals surface area contributed by atoms with Crippen LogP contribution in [0.25, 0.3) is 0 Å². The highest BCUT2D eigenvalue weighted by molar-refractivity contribution is 4.47. The predicted octanol–water partition coefficient (Wildman–Crippen LogP) is -0.188. The van der Waals surface area contributed by atoms with Crippen molar-refractivity contribution in [2.24, 2.45) is 5.73 Å². The van der Waals surface area contributed by atoms with E-state index in [1.54, 1.807) is 0 Å². The van der Waals surface area contributed by atoms with Crippen LogP contribution in [0.5, 0.6) is 0 Å². The maximum atomic E-state index is 5.46. The van der Waals surface area contributed by atoms with Crippen LogP contribution >= 0.6 is 0 Å². The molecule has 66 valence electrons. The van der Waals surface area contributed by atoms with Gasteiger partial charge >= 0.3 is 0 Å². The zero-order valence-corrected chi connectivity index (χ0v) is 7.38. The van der Waals surface area contributed by atoms with E-state index in [2.05, 4.69) is 7.05 Å². The van der Waals surface area contributed by atoms with Gasteiger partial charge in [-0.2, -0.15) is 0 Å². The Balaban J connectivity index is 2.25. The third kappa shape index (κ3) is 2.77. The van der Waals surface area contributed by atoms with Crippen LogP contribution in [0, 0.1) is 0 Å². The van der Waals surface area contributed by atoms with Crippen molar-refractivity contribution >= 4 is 0 Å². The number of nitrogens with zero attached hydrogens (tertiary/aromatic N) is 1. The molecule has 1 heterocycles. The molecular weight excluding hydrogens is 140 g/mol. The predicted molar refractivity (Wildman–Crippen MR) is 45.3 cm³/mol. The first kappa shape index (κ1) is 8.97. The lowest BCUT2D eigenvalue weighted by atomic mass is 10.3. The van der Waals surface area contributed by atoms with Crippen LogP contribution in [0.15, 0.2) is 0 Å². The minimum atomic E-state index is 0.814. The van der Waals surface area contributed by atoms with Crippen molar-refractivity contribution in [3.05, 3.63) is 0 Å². The average molecular weight is 159 g/mol. The van der Waals surface area contributed by atoms with Crippen LogP contribution in [0.3, 0.4) is 0 Å². The highest BCUT2D eigenvalue weighted by Crippen LogP contribution is 2.07. The molecule has 1 rings (SSSR count). The summed E-state index contributed by atoms with van der Waals surface area (Å²) in [5, 5.41) is 0. The molecule has 0 spiro atoms. The molecule has 0 bridgehead atoms. The van der Waals surface area contributed by atoms with E-state index in [1.165, 1.54) is 6.54 Å². The van der Waals surface area contributed by atoms with Gasteiger partial charge in [-0.1, -0.05) is 0 Å². The van der Waals surface area contributed by atoms with E-state index in [1.807, 2.05) is 0 Å². The van der Waals surface area contributed by atoms with Crippen molar-refractivity contribution in [3.8, 4) is 0 Å². The summed E-state index contributed by atoms with van der Waals surface area (Å²) in [6, 6.07) is 0. The summed E-state index contributed by atoms with van der Waals surface area (Å²) in [6.07, 6.45) is 1.14. The first-order chi connectivity index (χ1) is 5.27. The maximum Gasteiger partial charge on any atom is 0.102 e. The van der Waals surface area contributed by atoms with Gasteiger partial charge in [-0.25, -0.2) is 0 Å². The zero-order valence-electron chi connectivity index (χ0n) is 7.38. The fourth-order valence-corrected chi connectivity index (χ4v) is 1.48. The Morgan fingerprint density at radius 1 is 1.36 bits per heavy atom. The second-order valence-corrected chi connectivity index (χ2v) is 3.54. The highest BCUT2D eigenvalue weighted by atomic mass is 16.5. The van der Waals surface area contributed by atoms with Gasteiger partial charge in [-0.05, 0) is 6.54 Å². The quantitative estimate of drug-likeness (QED) is 0.579. The lowest BCUT2D eigenvalue weighted by molar-refractivity contribution is -0.916. The summed E-state index contributed by atoms with van der Waals surface area (Å²) in [5.41, 5.74) is 5.46. The van der Waals surface area contributed by atoms with E-state index in [0.717, 1.165) is 43.8 Å². The van der Waals surface area contributed by atoms with E-state index in [0.29, 0.717) is 0 Å². The highest BCUT2D eigenvalue weighted by Gasteiger charge is 2.23. The number of morpholine rings is 1. The van der Waals surface area contributed by atoms with Gasteiger partial charge in [0.1, 0.15) is 13.1 Å².